The Hall–Kier alpha value is -2.95. The monoisotopic (exact) mass is 412 g/mol. The first kappa shape index (κ1) is 19.0. The van der Waals surface area contributed by atoms with Gasteiger partial charge in [0.05, 0.1) is 19.0 Å². The summed E-state index contributed by atoms with van der Waals surface area (Å²) < 4.78 is 18.9. The van der Waals surface area contributed by atoms with Crippen molar-refractivity contribution in [1.82, 2.24) is 24.4 Å². The lowest BCUT2D eigenvalue weighted by Crippen LogP contribution is -2.46. The summed E-state index contributed by atoms with van der Waals surface area (Å²) in [4.78, 5) is 17.4. The van der Waals surface area contributed by atoms with Crippen molar-refractivity contribution < 1.29 is 19.3 Å². The van der Waals surface area contributed by atoms with Crippen LogP contribution in [-0.2, 0) is 11.3 Å². The third-order valence-electron chi connectivity index (χ3n) is 5.35. The highest BCUT2D eigenvalue weighted by atomic mass is 16.7. The van der Waals surface area contributed by atoms with Crippen molar-refractivity contribution in [1.29, 1.82) is 0 Å². The predicted octanol–water partition coefficient (Wildman–Crippen LogP) is 1.01. The second kappa shape index (κ2) is 7.71. The number of fused-ring (bicyclic) bond motifs is 2. The van der Waals surface area contributed by atoms with Crippen molar-refractivity contribution in [2.75, 3.05) is 45.5 Å². The topological polar surface area (TPSA) is 98.0 Å². The molecule has 0 amide bonds. The van der Waals surface area contributed by atoms with Gasteiger partial charge in [-0.3, -0.25) is 9.47 Å². The van der Waals surface area contributed by atoms with E-state index in [0.29, 0.717) is 25.3 Å². The molecule has 0 aliphatic carbocycles. The first-order chi connectivity index (χ1) is 14.6. The van der Waals surface area contributed by atoms with Crippen molar-refractivity contribution in [2.45, 2.75) is 18.9 Å². The number of aliphatic hydroxyl groups excluding tert-OH is 1. The molecule has 0 spiro atoms. The second-order valence-corrected chi connectivity index (χ2v) is 7.69. The first-order valence-corrected chi connectivity index (χ1v) is 9.84. The molecular formula is C20H24N6O4. The van der Waals surface area contributed by atoms with Crippen LogP contribution in [0.1, 0.15) is 11.8 Å². The van der Waals surface area contributed by atoms with E-state index in [2.05, 4.69) is 19.9 Å². The van der Waals surface area contributed by atoms with E-state index in [1.807, 2.05) is 41.8 Å². The minimum absolute atomic E-state index is 0.0568. The molecule has 2 aromatic heterocycles. The van der Waals surface area contributed by atoms with Gasteiger partial charge in [-0.2, -0.15) is 0 Å². The van der Waals surface area contributed by atoms with Crippen LogP contribution < -0.4 is 14.4 Å². The van der Waals surface area contributed by atoms with E-state index in [4.69, 9.17) is 14.2 Å². The Bertz CT molecular complexity index is 1050. The standard InChI is InChI=1S/C20H24N6O4/c1-24(2)19-18-20(22-10-21-19)26(11-23-18)17-8-25(7-14(9-27)30-17)6-13-3-4-15-16(5-13)29-12-28-15/h3-5,10-11,14,17,27H,6-9,12H2,1-2H3/t14-,17+/m0/s1. The van der Waals surface area contributed by atoms with Crippen molar-refractivity contribution in [2.24, 2.45) is 0 Å². The Labute approximate surface area is 173 Å². The summed E-state index contributed by atoms with van der Waals surface area (Å²) in [7, 11) is 3.85. The minimum Gasteiger partial charge on any atom is -0.454 e. The third-order valence-corrected chi connectivity index (χ3v) is 5.35. The molecule has 0 radical (unpaired) electrons. The van der Waals surface area contributed by atoms with Crippen LogP contribution in [0.4, 0.5) is 5.82 Å². The summed E-state index contributed by atoms with van der Waals surface area (Å²) in [5.41, 5.74) is 2.55. The van der Waals surface area contributed by atoms with Gasteiger partial charge in [-0.15, -0.1) is 0 Å². The molecule has 30 heavy (non-hydrogen) atoms. The number of ether oxygens (including phenoxy) is 3. The Balaban J connectivity index is 1.41. The van der Waals surface area contributed by atoms with Crippen LogP contribution in [0.3, 0.4) is 0 Å². The van der Waals surface area contributed by atoms with Crippen molar-refractivity contribution in [3.05, 3.63) is 36.4 Å². The molecule has 1 aromatic carbocycles. The van der Waals surface area contributed by atoms with Crippen LogP contribution in [0.2, 0.25) is 0 Å². The number of rotatable bonds is 5. The van der Waals surface area contributed by atoms with E-state index >= 15 is 0 Å². The molecule has 0 unspecified atom stereocenters. The number of benzene rings is 1. The Morgan fingerprint density at radius 1 is 1.13 bits per heavy atom. The zero-order chi connectivity index (χ0) is 20.7. The molecule has 0 saturated carbocycles. The van der Waals surface area contributed by atoms with Gasteiger partial charge in [-0.05, 0) is 17.7 Å². The highest BCUT2D eigenvalue weighted by Gasteiger charge is 2.30. The third kappa shape index (κ3) is 3.42. The summed E-state index contributed by atoms with van der Waals surface area (Å²) in [5.74, 6) is 2.29. The fraction of sp³-hybridized carbons (Fsp3) is 0.450. The number of aromatic nitrogens is 4. The van der Waals surface area contributed by atoms with Gasteiger partial charge in [-0.25, -0.2) is 15.0 Å². The normalized spacial score (nSPS) is 21.3. The lowest BCUT2D eigenvalue weighted by Gasteiger charge is -2.38. The van der Waals surface area contributed by atoms with E-state index in [1.165, 1.54) is 6.33 Å². The summed E-state index contributed by atoms with van der Waals surface area (Å²) in [5, 5.41) is 9.80. The van der Waals surface area contributed by atoms with Gasteiger partial charge < -0.3 is 24.2 Å². The molecule has 4 heterocycles. The average Bonchev–Trinajstić information content (AvgIpc) is 3.39. The van der Waals surface area contributed by atoms with Gasteiger partial charge in [0.1, 0.15) is 12.6 Å². The molecule has 1 fully saturated rings. The van der Waals surface area contributed by atoms with Crippen LogP contribution in [0.25, 0.3) is 11.2 Å². The maximum atomic E-state index is 9.80. The molecule has 2 atom stereocenters. The summed E-state index contributed by atoms with van der Waals surface area (Å²) in [6.07, 6.45) is 2.65. The van der Waals surface area contributed by atoms with E-state index in [-0.39, 0.29) is 25.7 Å². The van der Waals surface area contributed by atoms with Gasteiger partial charge in [-0.1, -0.05) is 6.07 Å². The smallest absolute Gasteiger partial charge is 0.231 e. The van der Waals surface area contributed by atoms with Gasteiger partial charge in [0.2, 0.25) is 6.79 Å². The maximum absolute atomic E-state index is 9.80. The molecule has 3 aromatic rings. The number of aliphatic hydroxyl groups is 1. The molecule has 5 rings (SSSR count). The van der Waals surface area contributed by atoms with Crippen molar-refractivity contribution >= 4 is 17.0 Å². The highest BCUT2D eigenvalue weighted by Crippen LogP contribution is 2.33. The lowest BCUT2D eigenvalue weighted by molar-refractivity contribution is -0.135. The molecular weight excluding hydrogens is 388 g/mol. The summed E-state index contributed by atoms with van der Waals surface area (Å²) >= 11 is 0. The molecule has 1 N–H and O–H groups in total. The Kier molecular flexibility index (Phi) is 4.89. The largest absolute Gasteiger partial charge is 0.454 e. The fourth-order valence-corrected chi connectivity index (χ4v) is 3.95. The van der Waals surface area contributed by atoms with E-state index < -0.39 is 0 Å². The Morgan fingerprint density at radius 2 is 2.00 bits per heavy atom. The van der Waals surface area contributed by atoms with Crippen LogP contribution in [0.15, 0.2) is 30.9 Å². The van der Waals surface area contributed by atoms with Crippen molar-refractivity contribution in [3.63, 3.8) is 0 Å². The number of morpholine rings is 1. The molecule has 1 saturated heterocycles. The second-order valence-electron chi connectivity index (χ2n) is 7.69. The van der Waals surface area contributed by atoms with Crippen molar-refractivity contribution in [3.8, 4) is 11.5 Å². The minimum atomic E-state index is -0.320. The van der Waals surface area contributed by atoms with Crippen LogP contribution in [-0.4, -0.2) is 76.2 Å². The molecule has 10 heteroatoms. The van der Waals surface area contributed by atoms with Crippen LogP contribution in [0, 0.1) is 0 Å². The van der Waals surface area contributed by atoms with Gasteiger partial charge in [0, 0.05) is 33.7 Å². The highest BCUT2D eigenvalue weighted by molar-refractivity contribution is 5.83. The average molecular weight is 412 g/mol. The maximum Gasteiger partial charge on any atom is 0.231 e. The summed E-state index contributed by atoms with van der Waals surface area (Å²) in [6.45, 7) is 2.18. The molecule has 10 nitrogen and oxygen atoms in total. The number of hydrogen-bond donors (Lipinski definition) is 1. The van der Waals surface area contributed by atoms with Gasteiger partial charge in [0.15, 0.2) is 28.5 Å². The van der Waals surface area contributed by atoms with Crippen LogP contribution in [0.5, 0.6) is 11.5 Å². The lowest BCUT2D eigenvalue weighted by atomic mass is 10.1. The molecule has 158 valence electrons. The number of hydrogen-bond acceptors (Lipinski definition) is 9. The quantitative estimate of drug-likeness (QED) is 0.658. The first-order valence-electron chi connectivity index (χ1n) is 9.84. The zero-order valence-corrected chi connectivity index (χ0v) is 16.9. The number of anilines is 1. The molecule has 2 aliphatic rings. The number of imidazole rings is 1. The van der Waals surface area contributed by atoms with Gasteiger partial charge >= 0.3 is 0 Å². The predicted molar refractivity (Wildman–Crippen MR) is 108 cm³/mol. The summed E-state index contributed by atoms with van der Waals surface area (Å²) in [6, 6.07) is 5.97. The SMILES string of the molecule is CN(C)c1ncnc2c1ncn2[C@H]1CN(Cc2ccc3c(c2)OCO3)C[C@@H](CO)O1. The molecule has 0 bridgehead atoms. The fourth-order valence-electron chi connectivity index (χ4n) is 3.95. The van der Waals surface area contributed by atoms with E-state index in [1.54, 1.807) is 6.33 Å². The van der Waals surface area contributed by atoms with Crippen LogP contribution >= 0.6 is 0 Å². The number of nitrogens with zero attached hydrogens (tertiary/aromatic N) is 6. The zero-order valence-electron chi connectivity index (χ0n) is 16.9. The molecule has 2 aliphatic heterocycles. The van der Waals surface area contributed by atoms with Gasteiger partial charge in [0.25, 0.3) is 0 Å². The van der Waals surface area contributed by atoms with E-state index in [0.717, 1.165) is 28.4 Å². The Morgan fingerprint density at radius 3 is 2.83 bits per heavy atom. The van der Waals surface area contributed by atoms with E-state index in [9.17, 15) is 5.11 Å².